The summed E-state index contributed by atoms with van der Waals surface area (Å²) in [5.74, 6) is -0.00960. The molecule has 1 heterocycles. The van der Waals surface area contributed by atoms with Crippen molar-refractivity contribution in [2.75, 3.05) is 6.54 Å². The van der Waals surface area contributed by atoms with Crippen molar-refractivity contribution in [1.82, 2.24) is 15.1 Å². The summed E-state index contributed by atoms with van der Waals surface area (Å²) in [6.45, 7) is 0.936. The standard InChI is InChI=1S/C13H15N3O/c17-13(11-16-10-4-8-15-16)14-9-7-12-5-2-1-3-6-12/h1-6,8,10H,7,9,11H2,(H,14,17). The first-order chi connectivity index (χ1) is 8.34. The van der Waals surface area contributed by atoms with Gasteiger partial charge in [0.25, 0.3) is 0 Å². The molecule has 0 bridgehead atoms. The number of nitrogens with one attached hydrogen (secondary N) is 1. The molecule has 4 heteroatoms. The van der Waals surface area contributed by atoms with Gasteiger partial charge in [0.05, 0.1) is 0 Å². The van der Waals surface area contributed by atoms with Crippen molar-refractivity contribution >= 4 is 5.91 Å². The van der Waals surface area contributed by atoms with E-state index < -0.39 is 0 Å². The SMILES string of the molecule is O=C(Cn1cccn1)NCCc1ccccc1. The third kappa shape index (κ3) is 3.75. The van der Waals surface area contributed by atoms with Crippen LogP contribution in [0.2, 0.25) is 0 Å². The zero-order valence-corrected chi connectivity index (χ0v) is 9.54. The van der Waals surface area contributed by atoms with Crippen molar-refractivity contribution in [1.29, 1.82) is 0 Å². The van der Waals surface area contributed by atoms with Gasteiger partial charge in [-0.1, -0.05) is 30.3 Å². The van der Waals surface area contributed by atoms with Crippen LogP contribution in [0.1, 0.15) is 5.56 Å². The van der Waals surface area contributed by atoms with E-state index in [9.17, 15) is 4.79 Å². The van der Waals surface area contributed by atoms with E-state index in [1.807, 2.05) is 18.2 Å². The predicted octanol–water partition coefficient (Wildman–Crippen LogP) is 1.24. The van der Waals surface area contributed by atoms with Gasteiger partial charge in [-0.3, -0.25) is 9.48 Å². The van der Waals surface area contributed by atoms with E-state index in [1.165, 1.54) is 5.56 Å². The predicted molar refractivity (Wildman–Crippen MR) is 65.4 cm³/mol. The van der Waals surface area contributed by atoms with E-state index in [4.69, 9.17) is 0 Å². The van der Waals surface area contributed by atoms with Crippen molar-refractivity contribution < 1.29 is 4.79 Å². The highest BCUT2D eigenvalue weighted by atomic mass is 16.2. The lowest BCUT2D eigenvalue weighted by atomic mass is 10.1. The second-order valence-corrected chi connectivity index (χ2v) is 3.79. The largest absolute Gasteiger partial charge is 0.354 e. The number of hydrogen-bond donors (Lipinski definition) is 1. The van der Waals surface area contributed by atoms with Crippen LogP contribution in [0.5, 0.6) is 0 Å². The van der Waals surface area contributed by atoms with Crippen molar-refractivity contribution in [3.05, 3.63) is 54.4 Å². The highest BCUT2D eigenvalue weighted by Crippen LogP contribution is 1.98. The molecule has 1 amide bonds. The Morgan fingerprint density at radius 3 is 2.76 bits per heavy atom. The Balaban J connectivity index is 1.70. The molecule has 0 spiro atoms. The first-order valence-electron chi connectivity index (χ1n) is 5.62. The summed E-state index contributed by atoms with van der Waals surface area (Å²) in [5, 5.41) is 6.85. The molecule has 2 aromatic rings. The van der Waals surface area contributed by atoms with Gasteiger partial charge in [-0.2, -0.15) is 5.10 Å². The van der Waals surface area contributed by atoms with Crippen LogP contribution < -0.4 is 5.32 Å². The molecule has 88 valence electrons. The number of amides is 1. The number of carbonyl (C=O) groups is 1. The maximum absolute atomic E-state index is 11.5. The fourth-order valence-electron chi connectivity index (χ4n) is 1.59. The summed E-state index contributed by atoms with van der Waals surface area (Å²) in [6.07, 6.45) is 4.29. The number of rotatable bonds is 5. The molecule has 0 atom stereocenters. The minimum atomic E-state index is -0.00960. The molecular weight excluding hydrogens is 214 g/mol. The fourth-order valence-corrected chi connectivity index (χ4v) is 1.59. The first-order valence-corrected chi connectivity index (χ1v) is 5.62. The van der Waals surface area contributed by atoms with Crippen LogP contribution in [-0.2, 0) is 17.8 Å². The Kier molecular flexibility index (Phi) is 3.91. The first kappa shape index (κ1) is 11.4. The zero-order chi connectivity index (χ0) is 11.9. The third-order valence-electron chi connectivity index (χ3n) is 2.44. The maximum atomic E-state index is 11.5. The molecule has 0 saturated heterocycles. The van der Waals surface area contributed by atoms with Gasteiger partial charge in [0.2, 0.25) is 5.91 Å². The number of aromatic nitrogens is 2. The smallest absolute Gasteiger partial charge is 0.241 e. The van der Waals surface area contributed by atoms with Crippen molar-refractivity contribution in [3.63, 3.8) is 0 Å². The van der Waals surface area contributed by atoms with E-state index in [2.05, 4.69) is 22.5 Å². The number of nitrogens with zero attached hydrogens (tertiary/aromatic N) is 2. The second-order valence-electron chi connectivity index (χ2n) is 3.79. The molecule has 0 radical (unpaired) electrons. The Bertz CT molecular complexity index is 451. The minimum absolute atomic E-state index is 0.00960. The number of carbonyl (C=O) groups excluding carboxylic acids is 1. The monoisotopic (exact) mass is 229 g/mol. The van der Waals surface area contributed by atoms with Crippen molar-refractivity contribution in [3.8, 4) is 0 Å². The van der Waals surface area contributed by atoms with E-state index in [-0.39, 0.29) is 12.5 Å². The molecule has 0 saturated carbocycles. The maximum Gasteiger partial charge on any atom is 0.241 e. The lowest BCUT2D eigenvalue weighted by Crippen LogP contribution is -2.29. The molecule has 0 fully saturated rings. The second kappa shape index (κ2) is 5.84. The molecule has 1 aromatic carbocycles. The quantitative estimate of drug-likeness (QED) is 0.838. The van der Waals surface area contributed by atoms with Gasteiger partial charge >= 0.3 is 0 Å². The van der Waals surface area contributed by atoms with Crippen LogP contribution in [-0.4, -0.2) is 22.2 Å². The van der Waals surface area contributed by atoms with E-state index >= 15 is 0 Å². The molecule has 0 aliphatic rings. The van der Waals surface area contributed by atoms with Gasteiger partial charge in [-0.25, -0.2) is 0 Å². The Labute approximate surface area is 100 Å². The Morgan fingerprint density at radius 2 is 2.06 bits per heavy atom. The third-order valence-corrected chi connectivity index (χ3v) is 2.44. The summed E-state index contributed by atoms with van der Waals surface area (Å²) in [7, 11) is 0. The summed E-state index contributed by atoms with van der Waals surface area (Å²) in [5.41, 5.74) is 1.23. The van der Waals surface area contributed by atoms with Crippen LogP contribution in [0.25, 0.3) is 0 Å². The molecule has 0 aliphatic carbocycles. The highest BCUT2D eigenvalue weighted by molar-refractivity contribution is 5.75. The molecule has 4 nitrogen and oxygen atoms in total. The average Bonchev–Trinajstić information content (AvgIpc) is 2.83. The Morgan fingerprint density at radius 1 is 1.24 bits per heavy atom. The van der Waals surface area contributed by atoms with Gasteiger partial charge in [-0.05, 0) is 18.1 Å². The molecule has 0 aliphatic heterocycles. The van der Waals surface area contributed by atoms with E-state index in [0.717, 1.165) is 6.42 Å². The number of benzene rings is 1. The van der Waals surface area contributed by atoms with Crippen LogP contribution in [0.4, 0.5) is 0 Å². The molecule has 2 rings (SSSR count). The summed E-state index contributed by atoms with van der Waals surface area (Å²) in [4.78, 5) is 11.5. The van der Waals surface area contributed by atoms with Gasteiger partial charge in [-0.15, -0.1) is 0 Å². The molecule has 0 unspecified atom stereocenters. The van der Waals surface area contributed by atoms with E-state index in [0.29, 0.717) is 6.54 Å². The lowest BCUT2D eigenvalue weighted by Gasteiger charge is -2.05. The Hall–Kier alpha value is -2.10. The van der Waals surface area contributed by atoms with Crippen molar-refractivity contribution in [2.45, 2.75) is 13.0 Å². The average molecular weight is 229 g/mol. The van der Waals surface area contributed by atoms with Crippen molar-refractivity contribution in [2.24, 2.45) is 0 Å². The summed E-state index contributed by atoms with van der Waals surface area (Å²) < 4.78 is 1.61. The van der Waals surface area contributed by atoms with Gasteiger partial charge in [0.1, 0.15) is 6.54 Å². The summed E-state index contributed by atoms with van der Waals surface area (Å²) >= 11 is 0. The van der Waals surface area contributed by atoms with Crippen LogP contribution in [0.3, 0.4) is 0 Å². The zero-order valence-electron chi connectivity index (χ0n) is 9.54. The van der Waals surface area contributed by atoms with Crippen LogP contribution >= 0.6 is 0 Å². The van der Waals surface area contributed by atoms with Crippen LogP contribution in [0.15, 0.2) is 48.8 Å². The normalized spacial score (nSPS) is 10.1. The summed E-state index contributed by atoms with van der Waals surface area (Å²) in [6, 6.07) is 11.9. The fraction of sp³-hybridized carbons (Fsp3) is 0.231. The topological polar surface area (TPSA) is 46.9 Å². The van der Waals surface area contributed by atoms with E-state index in [1.54, 1.807) is 23.1 Å². The highest BCUT2D eigenvalue weighted by Gasteiger charge is 2.01. The molecule has 1 N–H and O–H groups in total. The van der Waals surface area contributed by atoms with Gasteiger partial charge in [0, 0.05) is 18.9 Å². The van der Waals surface area contributed by atoms with Gasteiger partial charge < -0.3 is 5.32 Å². The van der Waals surface area contributed by atoms with Crippen LogP contribution in [0, 0.1) is 0 Å². The molecule has 17 heavy (non-hydrogen) atoms. The number of hydrogen-bond acceptors (Lipinski definition) is 2. The molecule has 1 aromatic heterocycles. The molecular formula is C13H15N3O. The lowest BCUT2D eigenvalue weighted by molar-refractivity contribution is -0.121. The minimum Gasteiger partial charge on any atom is -0.354 e. The van der Waals surface area contributed by atoms with Gasteiger partial charge in [0.15, 0.2) is 0 Å².